The van der Waals surface area contributed by atoms with Gasteiger partial charge in [-0.25, -0.2) is 4.72 Å². The van der Waals surface area contributed by atoms with Crippen LogP contribution in [-0.2, 0) is 10.2 Å². The standard InChI is InChI=1S/C10H23N3O2S/c1-8(2)13(3)16(14,15)12-7-9-4-5-10(11)6-9/h8-10,12H,4-7,11H2,1-3H3. The number of nitrogens with one attached hydrogen (secondary N) is 1. The summed E-state index contributed by atoms with van der Waals surface area (Å²) in [6, 6.07) is 0.223. The SMILES string of the molecule is CC(C)N(C)S(=O)(=O)NCC1CCC(N)C1. The highest BCUT2D eigenvalue weighted by atomic mass is 32.2. The van der Waals surface area contributed by atoms with Gasteiger partial charge in [-0.3, -0.25) is 0 Å². The maximum absolute atomic E-state index is 11.8. The molecule has 1 aliphatic rings. The average Bonchev–Trinajstić information content (AvgIpc) is 2.60. The summed E-state index contributed by atoms with van der Waals surface area (Å²) in [4.78, 5) is 0. The molecule has 5 nitrogen and oxygen atoms in total. The number of rotatable bonds is 5. The summed E-state index contributed by atoms with van der Waals surface area (Å²) in [6.07, 6.45) is 2.95. The van der Waals surface area contributed by atoms with E-state index in [-0.39, 0.29) is 12.1 Å². The fourth-order valence-electron chi connectivity index (χ4n) is 1.90. The van der Waals surface area contributed by atoms with Crippen LogP contribution < -0.4 is 10.5 Å². The summed E-state index contributed by atoms with van der Waals surface area (Å²) in [6.45, 7) is 4.21. The molecule has 0 amide bonds. The van der Waals surface area contributed by atoms with E-state index >= 15 is 0 Å². The Hall–Kier alpha value is -0.170. The molecule has 0 bridgehead atoms. The maximum Gasteiger partial charge on any atom is 0.279 e. The minimum Gasteiger partial charge on any atom is -0.328 e. The van der Waals surface area contributed by atoms with Gasteiger partial charge in [-0.05, 0) is 39.0 Å². The highest BCUT2D eigenvalue weighted by Crippen LogP contribution is 2.23. The molecule has 3 N–H and O–H groups in total. The third kappa shape index (κ3) is 3.69. The summed E-state index contributed by atoms with van der Waals surface area (Å²) in [7, 11) is -1.73. The van der Waals surface area contributed by atoms with Gasteiger partial charge in [0.05, 0.1) is 0 Å². The van der Waals surface area contributed by atoms with Crippen molar-refractivity contribution in [2.75, 3.05) is 13.6 Å². The molecule has 96 valence electrons. The summed E-state index contributed by atoms with van der Waals surface area (Å²) in [5, 5.41) is 0. The van der Waals surface area contributed by atoms with Crippen LogP contribution in [0.15, 0.2) is 0 Å². The van der Waals surface area contributed by atoms with Gasteiger partial charge in [-0.15, -0.1) is 0 Å². The zero-order valence-corrected chi connectivity index (χ0v) is 11.1. The molecule has 6 heteroatoms. The van der Waals surface area contributed by atoms with E-state index in [4.69, 9.17) is 5.73 Å². The van der Waals surface area contributed by atoms with Crippen LogP contribution in [-0.4, -0.2) is 38.4 Å². The number of hydrogen-bond donors (Lipinski definition) is 2. The van der Waals surface area contributed by atoms with Gasteiger partial charge < -0.3 is 5.73 Å². The Morgan fingerprint density at radius 2 is 2.06 bits per heavy atom. The molecule has 1 rings (SSSR count). The first-order valence-electron chi connectivity index (χ1n) is 5.81. The quantitative estimate of drug-likeness (QED) is 0.735. The Morgan fingerprint density at radius 1 is 1.44 bits per heavy atom. The summed E-state index contributed by atoms with van der Waals surface area (Å²) in [5.41, 5.74) is 5.78. The van der Waals surface area contributed by atoms with E-state index in [1.165, 1.54) is 4.31 Å². The highest BCUT2D eigenvalue weighted by Gasteiger charge is 2.25. The summed E-state index contributed by atoms with van der Waals surface area (Å²) in [5.74, 6) is 0.394. The van der Waals surface area contributed by atoms with Gasteiger partial charge in [0.2, 0.25) is 0 Å². The Morgan fingerprint density at radius 3 is 2.50 bits per heavy atom. The molecule has 2 unspecified atom stereocenters. The van der Waals surface area contributed by atoms with E-state index in [1.54, 1.807) is 7.05 Å². The van der Waals surface area contributed by atoms with E-state index < -0.39 is 10.2 Å². The van der Waals surface area contributed by atoms with Crippen LogP contribution in [0.2, 0.25) is 0 Å². The van der Waals surface area contributed by atoms with Gasteiger partial charge >= 0.3 is 0 Å². The third-order valence-corrected chi connectivity index (χ3v) is 4.95. The van der Waals surface area contributed by atoms with Crippen LogP contribution in [0.25, 0.3) is 0 Å². The maximum atomic E-state index is 11.8. The fourth-order valence-corrected chi connectivity index (χ4v) is 3.11. The summed E-state index contributed by atoms with van der Waals surface area (Å²) >= 11 is 0. The van der Waals surface area contributed by atoms with Crippen molar-refractivity contribution in [2.24, 2.45) is 11.7 Å². The van der Waals surface area contributed by atoms with Crippen molar-refractivity contribution in [3.05, 3.63) is 0 Å². The second kappa shape index (κ2) is 5.44. The molecular formula is C10H23N3O2S. The van der Waals surface area contributed by atoms with Crippen molar-refractivity contribution in [3.8, 4) is 0 Å². The Bertz CT molecular complexity index is 316. The minimum atomic E-state index is -3.32. The highest BCUT2D eigenvalue weighted by molar-refractivity contribution is 7.87. The number of nitrogens with two attached hydrogens (primary N) is 1. The van der Waals surface area contributed by atoms with Crippen LogP contribution in [0.4, 0.5) is 0 Å². The van der Waals surface area contributed by atoms with Crippen LogP contribution in [0, 0.1) is 5.92 Å². The van der Waals surface area contributed by atoms with Crippen molar-refractivity contribution in [1.29, 1.82) is 0 Å². The van der Waals surface area contributed by atoms with Crippen molar-refractivity contribution >= 4 is 10.2 Å². The number of hydrogen-bond acceptors (Lipinski definition) is 3. The van der Waals surface area contributed by atoms with Crippen LogP contribution in [0.3, 0.4) is 0 Å². The van der Waals surface area contributed by atoms with E-state index in [2.05, 4.69) is 4.72 Å². The molecule has 2 atom stereocenters. The van der Waals surface area contributed by atoms with Crippen molar-refractivity contribution < 1.29 is 8.42 Å². The van der Waals surface area contributed by atoms with Gasteiger partial charge in [0.25, 0.3) is 10.2 Å². The van der Waals surface area contributed by atoms with Crippen LogP contribution in [0.5, 0.6) is 0 Å². The third-order valence-electron chi connectivity index (χ3n) is 3.24. The molecule has 0 saturated heterocycles. The second-order valence-electron chi connectivity index (χ2n) is 4.90. The predicted molar refractivity (Wildman–Crippen MR) is 65.1 cm³/mol. The van der Waals surface area contributed by atoms with Crippen molar-refractivity contribution in [2.45, 2.75) is 45.2 Å². The Balaban J connectivity index is 2.42. The lowest BCUT2D eigenvalue weighted by atomic mass is 10.1. The topological polar surface area (TPSA) is 75.4 Å². The first-order valence-corrected chi connectivity index (χ1v) is 7.25. The molecule has 0 aromatic heterocycles. The monoisotopic (exact) mass is 249 g/mol. The van der Waals surface area contributed by atoms with E-state index in [9.17, 15) is 8.42 Å². The average molecular weight is 249 g/mol. The minimum absolute atomic E-state index is 0.0247. The molecule has 0 aromatic carbocycles. The molecule has 1 saturated carbocycles. The lowest BCUT2D eigenvalue weighted by molar-refractivity contribution is 0.396. The van der Waals surface area contributed by atoms with Crippen molar-refractivity contribution in [1.82, 2.24) is 9.03 Å². The zero-order valence-electron chi connectivity index (χ0n) is 10.3. The molecule has 0 spiro atoms. The first kappa shape index (κ1) is 13.9. The predicted octanol–water partition coefficient (Wildman–Crippen LogP) is 0.288. The molecule has 0 heterocycles. The van der Waals surface area contributed by atoms with E-state index in [1.807, 2.05) is 13.8 Å². The molecule has 0 aromatic rings. The van der Waals surface area contributed by atoms with E-state index in [0.717, 1.165) is 19.3 Å². The smallest absolute Gasteiger partial charge is 0.279 e. The largest absolute Gasteiger partial charge is 0.328 e. The lowest BCUT2D eigenvalue weighted by Gasteiger charge is -2.22. The van der Waals surface area contributed by atoms with Gasteiger partial charge in [0, 0.05) is 25.7 Å². The Kier molecular flexibility index (Phi) is 4.73. The molecule has 0 radical (unpaired) electrons. The molecular weight excluding hydrogens is 226 g/mol. The van der Waals surface area contributed by atoms with Gasteiger partial charge in [-0.1, -0.05) is 0 Å². The van der Waals surface area contributed by atoms with Gasteiger partial charge in [-0.2, -0.15) is 12.7 Å². The van der Waals surface area contributed by atoms with Crippen molar-refractivity contribution in [3.63, 3.8) is 0 Å². The molecule has 16 heavy (non-hydrogen) atoms. The normalized spacial score (nSPS) is 26.9. The lowest BCUT2D eigenvalue weighted by Crippen LogP contribution is -2.43. The second-order valence-corrected chi connectivity index (χ2v) is 6.72. The van der Waals surface area contributed by atoms with E-state index in [0.29, 0.717) is 12.5 Å². The Labute approximate surface area is 98.6 Å². The molecule has 1 aliphatic carbocycles. The van der Waals surface area contributed by atoms with Crippen LogP contribution >= 0.6 is 0 Å². The fraction of sp³-hybridized carbons (Fsp3) is 1.00. The molecule has 1 fully saturated rings. The van der Waals surface area contributed by atoms with Gasteiger partial charge in [0.1, 0.15) is 0 Å². The first-order chi connectivity index (χ1) is 7.33. The number of nitrogens with zero attached hydrogens (tertiary/aromatic N) is 1. The molecule has 0 aliphatic heterocycles. The van der Waals surface area contributed by atoms with Gasteiger partial charge in [0.15, 0.2) is 0 Å². The zero-order chi connectivity index (χ0) is 12.3. The van der Waals surface area contributed by atoms with Crippen LogP contribution in [0.1, 0.15) is 33.1 Å². The summed E-state index contributed by atoms with van der Waals surface area (Å²) < 4.78 is 27.6.